The number of aliphatic hydroxyl groups excluding tert-OH is 1. The van der Waals surface area contributed by atoms with Crippen molar-refractivity contribution in [3.63, 3.8) is 0 Å². The third kappa shape index (κ3) is 2.92. The second-order valence-electron chi connectivity index (χ2n) is 5.64. The highest BCUT2D eigenvalue weighted by Crippen LogP contribution is 2.35. The fraction of sp³-hybridized carbons (Fsp3) is 0.333. The lowest BCUT2D eigenvalue weighted by Crippen LogP contribution is -2.41. The molecule has 2 aromatic carbocycles. The topological polar surface area (TPSA) is 40.5 Å². The largest absolute Gasteiger partial charge is 0.389 e. The van der Waals surface area contributed by atoms with Gasteiger partial charge in [0.15, 0.2) is 0 Å². The van der Waals surface area contributed by atoms with Gasteiger partial charge in [-0.2, -0.15) is 0 Å². The lowest BCUT2D eigenvalue weighted by atomic mass is 9.79. The first-order valence-electron chi connectivity index (χ1n) is 7.06. The van der Waals surface area contributed by atoms with E-state index in [9.17, 15) is 10.2 Å². The molecule has 0 aliphatic carbocycles. The average Bonchev–Trinajstić information content (AvgIpc) is 2.47. The van der Waals surface area contributed by atoms with Crippen LogP contribution in [0.15, 0.2) is 60.7 Å². The van der Waals surface area contributed by atoms with E-state index in [4.69, 9.17) is 0 Å². The van der Waals surface area contributed by atoms with Crippen LogP contribution in [0, 0.1) is 5.92 Å². The van der Waals surface area contributed by atoms with Crippen LogP contribution in [0.5, 0.6) is 0 Å². The molecular formula is C18H22O2. The molecule has 2 heteroatoms. The highest BCUT2D eigenvalue weighted by atomic mass is 16.3. The molecule has 0 aliphatic heterocycles. The lowest BCUT2D eigenvalue weighted by molar-refractivity contribution is -0.0584. The molecule has 0 aromatic heterocycles. The second-order valence-corrected chi connectivity index (χ2v) is 5.64. The lowest BCUT2D eigenvalue weighted by Gasteiger charge is -2.35. The second kappa shape index (κ2) is 6.21. The predicted octanol–water partition coefficient (Wildman–Crippen LogP) is 3.33. The summed E-state index contributed by atoms with van der Waals surface area (Å²) in [5.41, 5.74) is 0.0750. The normalized spacial score (nSPS) is 13.4. The minimum Gasteiger partial charge on any atom is -0.389 e. The monoisotopic (exact) mass is 270 g/mol. The van der Waals surface area contributed by atoms with Gasteiger partial charge in [-0.3, -0.25) is 0 Å². The minimum absolute atomic E-state index is 0.309. The standard InChI is InChI=1S/C18H22O2/c1-14(2)13-17(19)18(20,15-9-5-3-6-10-15)16-11-7-4-8-12-16/h3-12,14,17,19-20H,13H2,1-2H3/t17-/m1/s1. The first kappa shape index (κ1) is 14.8. The Morgan fingerprint density at radius 3 is 1.60 bits per heavy atom. The van der Waals surface area contributed by atoms with E-state index in [0.29, 0.717) is 12.3 Å². The van der Waals surface area contributed by atoms with Crippen LogP contribution in [-0.2, 0) is 5.60 Å². The van der Waals surface area contributed by atoms with Crippen LogP contribution in [0.25, 0.3) is 0 Å². The number of hydrogen-bond donors (Lipinski definition) is 2. The SMILES string of the molecule is CC(C)C[C@@H](O)C(O)(c1ccccc1)c1ccccc1. The van der Waals surface area contributed by atoms with E-state index in [-0.39, 0.29) is 0 Å². The number of benzene rings is 2. The van der Waals surface area contributed by atoms with Crippen molar-refractivity contribution in [2.75, 3.05) is 0 Å². The van der Waals surface area contributed by atoms with Gasteiger partial charge in [0, 0.05) is 0 Å². The zero-order valence-corrected chi connectivity index (χ0v) is 12.0. The maximum atomic E-state index is 11.2. The Balaban J connectivity index is 2.49. The molecule has 0 saturated heterocycles. The van der Waals surface area contributed by atoms with Crippen LogP contribution in [0.1, 0.15) is 31.4 Å². The van der Waals surface area contributed by atoms with Crippen molar-refractivity contribution >= 4 is 0 Å². The quantitative estimate of drug-likeness (QED) is 0.875. The Hall–Kier alpha value is -1.64. The summed E-state index contributed by atoms with van der Waals surface area (Å²) in [6.45, 7) is 4.08. The van der Waals surface area contributed by atoms with E-state index in [1.165, 1.54) is 0 Å². The predicted molar refractivity (Wildman–Crippen MR) is 81.3 cm³/mol. The Morgan fingerprint density at radius 2 is 1.25 bits per heavy atom. The summed E-state index contributed by atoms with van der Waals surface area (Å²) in [7, 11) is 0. The summed E-state index contributed by atoms with van der Waals surface area (Å²) in [5.74, 6) is 0.309. The van der Waals surface area contributed by atoms with Crippen molar-refractivity contribution in [2.24, 2.45) is 5.92 Å². The summed E-state index contributed by atoms with van der Waals surface area (Å²) in [5, 5.41) is 21.8. The highest BCUT2D eigenvalue weighted by molar-refractivity contribution is 5.37. The average molecular weight is 270 g/mol. The number of rotatable bonds is 5. The smallest absolute Gasteiger partial charge is 0.140 e. The molecule has 106 valence electrons. The van der Waals surface area contributed by atoms with Crippen LogP contribution in [0.3, 0.4) is 0 Å². The Kier molecular flexibility index (Phi) is 4.58. The summed E-state index contributed by atoms with van der Waals surface area (Å²) in [6, 6.07) is 18.8. The summed E-state index contributed by atoms with van der Waals surface area (Å²) in [6.07, 6.45) is -0.299. The van der Waals surface area contributed by atoms with Gasteiger partial charge in [0.2, 0.25) is 0 Å². The molecule has 0 heterocycles. The van der Waals surface area contributed by atoms with Crippen LogP contribution < -0.4 is 0 Å². The highest BCUT2D eigenvalue weighted by Gasteiger charge is 2.39. The molecule has 0 fully saturated rings. The molecule has 2 aromatic rings. The van der Waals surface area contributed by atoms with Crippen LogP contribution in [0.2, 0.25) is 0 Å². The molecular weight excluding hydrogens is 248 g/mol. The maximum absolute atomic E-state index is 11.2. The molecule has 0 radical (unpaired) electrons. The number of aliphatic hydroxyl groups is 2. The molecule has 0 saturated carbocycles. The van der Waals surface area contributed by atoms with Crippen LogP contribution in [0.4, 0.5) is 0 Å². The van der Waals surface area contributed by atoms with Crippen LogP contribution >= 0.6 is 0 Å². The zero-order chi connectivity index (χ0) is 14.6. The van der Waals surface area contributed by atoms with E-state index < -0.39 is 11.7 Å². The van der Waals surface area contributed by atoms with E-state index in [0.717, 1.165) is 11.1 Å². The van der Waals surface area contributed by atoms with Crippen molar-refractivity contribution in [1.82, 2.24) is 0 Å². The fourth-order valence-electron chi connectivity index (χ4n) is 2.55. The molecule has 0 spiro atoms. The fourth-order valence-corrected chi connectivity index (χ4v) is 2.55. The van der Waals surface area contributed by atoms with Crippen molar-refractivity contribution in [3.8, 4) is 0 Å². The Bertz CT molecular complexity index is 480. The van der Waals surface area contributed by atoms with E-state index >= 15 is 0 Å². The Labute approximate surface area is 120 Å². The first-order valence-corrected chi connectivity index (χ1v) is 7.06. The summed E-state index contributed by atoms with van der Waals surface area (Å²) in [4.78, 5) is 0. The molecule has 0 unspecified atom stereocenters. The van der Waals surface area contributed by atoms with Gasteiger partial charge in [-0.15, -0.1) is 0 Å². The van der Waals surface area contributed by atoms with Gasteiger partial charge in [-0.25, -0.2) is 0 Å². The molecule has 0 aliphatic rings. The van der Waals surface area contributed by atoms with Gasteiger partial charge < -0.3 is 10.2 Å². The first-order chi connectivity index (χ1) is 9.55. The van der Waals surface area contributed by atoms with Gasteiger partial charge in [-0.05, 0) is 23.5 Å². The van der Waals surface area contributed by atoms with Gasteiger partial charge in [0.25, 0.3) is 0 Å². The van der Waals surface area contributed by atoms with Gasteiger partial charge >= 0.3 is 0 Å². The zero-order valence-electron chi connectivity index (χ0n) is 12.0. The minimum atomic E-state index is -1.37. The van der Waals surface area contributed by atoms with Gasteiger partial charge in [0.1, 0.15) is 5.60 Å². The molecule has 1 atom stereocenters. The van der Waals surface area contributed by atoms with Crippen molar-refractivity contribution in [1.29, 1.82) is 0 Å². The van der Waals surface area contributed by atoms with Crippen molar-refractivity contribution in [3.05, 3.63) is 71.8 Å². The molecule has 2 nitrogen and oxygen atoms in total. The van der Waals surface area contributed by atoms with E-state index in [1.54, 1.807) is 0 Å². The van der Waals surface area contributed by atoms with E-state index in [2.05, 4.69) is 0 Å². The Morgan fingerprint density at radius 1 is 0.850 bits per heavy atom. The number of hydrogen-bond acceptors (Lipinski definition) is 2. The van der Waals surface area contributed by atoms with Crippen molar-refractivity contribution in [2.45, 2.75) is 32.0 Å². The molecule has 2 rings (SSSR count). The molecule has 20 heavy (non-hydrogen) atoms. The summed E-state index contributed by atoms with van der Waals surface area (Å²) >= 11 is 0. The van der Waals surface area contributed by atoms with Gasteiger partial charge in [0.05, 0.1) is 6.10 Å². The van der Waals surface area contributed by atoms with Crippen molar-refractivity contribution < 1.29 is 10.2 Å². The summed E-state index contributed by atoms with van der Waals surface area (Å²) < 4.78 is 0. The third-order valence-electron chi connectivity index (χ3n) is 3.60. The maximum Gasteiger partial charge on any atom is 0.140 e. The van der Waals surface area contributed by atoms with Gasteiger partial charge in [-0.1, -0.05) is 74.5 Å². The third-order valence-corrected chi connectivity index (χ3v) is 3.60. The van der Waals surface area contributed by atoms with Crippen LogP contribution in [-0.4, -0.2) is 16.3 Å². The molecule has 2 N–H and O–H groups in total. The molecule has 0 amide bonds. The molecule has 0 bridgehead atoms. The van der Waals surface area contributed by atoms with E-state index in [1.807, 2.05) is 74.5 Å².